The molecule has 0 bridgehead atoms. The Morgan fingerprint density at radius 1 is 1.62 bits per heavy atom. The van der Waals surface area contributed by atoms with Crippen LogP contribution in [0.15, 0.2) is 0 Å². The molecule has 76 valence electrons. The average Bonchev–Trinajstić information content (AvgIpc) is 2.04. The number of hydrogen-bond acceptors (Lipinski definition) is 3. The molecule has 0 spiro atoms. The highest BCUT2D eigenvalue weighted by Gasteiger charge is 2.23. The first-order valence-corrected chi connectivity index (χ1v) is 4.79. The van der Waals surface area contributed by atoms with Gasteiger partial charge in [-0.2, -0.15) is 0 Å². The molecule has 1 heterocycles. The summed E-state index contributed by atoms with van der Waals surface area (Å²) in [5, 5.41) is 9.15. The van der Waals surface area contributed by atoms with Crippen molar-refractivity contribution in [2.24, 2.45) is 11.7 Å². The molecule has 1 fully saturated rings. The fourth-order valence-corrected chi connectivity index (χ4v) is 1.77. The van der Waals surface area contributed by atoms with Gasteiger partial charge in [0.2, 0.25) is 5.91 Å². The lowest BCUT2D eigenvalue weighted by atomic mass is 9.96. The Balaban J connectivity index is 2.26. The van der Waals surface area contributed by atoms with Crippen molar-refractivity contribution >= 4 is 5.91 Å². The molecule has 1 atom stereocenters. The van der Waals surface area contributed by atoms with Crippen LogP contribution in [0.1, 0.15) is 19.8 Å². The molecule has 1 aliphatic rings. The maximum Gasteiger partial charge on any atom is 0.220 e. The number of hydrogen-bond donors (Lipinski definition) is 2. The zero-order valence-corrected chi connectivity index (χ0v) is 8.07. The summed E-state index contributed by atoms with van der Waals surface area (Å²) in [5.41, 5.74) is 5.21. The minimum atomic E-state index is -0.287. The van der Waals surface area contributed by atoms with Crippen LogP contribution in [-0.2, 0) is 4.79 Å². The molecule has 0 aliphatic carbocycles. The largest absolute Gasteiger partial charge is 0.392 e. The van der Waals surface area contributed by atoms with Crippen LogP contribution in [-0.4, -0.2) is 41.7 Å². The third-order valence-corrected chi connectivity index (χ3v) is 2.51. The molecule has 0 radical (unpaired) electrons. The molecular weight excluding hydrogens is 168 g/mol. The van der Waals surface area contributed by atoms with Crippen molar-refractivity contribution in [3.63, 3.8) is 0 Å². The SMILES string of the molecule is CC(O)CN1CCC(C(N)=O)CC1. The molecule has 0 saturated carbocycles. The van der Waals surface area contributed by atoms with E-state index in [0.717, 1.165) is 25.9 Å². The van der Waals surface area contributed by atoms with Gasteiger partial charge in [0.15, 0.2) is 0 Å². The number of rotatable bonds is 3. The monoisotopic (exact) mass is 186 g/mol. The number of carbonyl (C=O) groups is 1. The second kappa shape index (κ2) is 4.58. The molecular formula is C9H18N2O2. The minimum absolute atomic E-state index is 0.0465. The number of piperidine rings is 1. The molecule has 13 heavy (non-hydrogen) atoms. The Morgan fingerprint density at radius 2 is 2.15 bits per heavy atom. The molecule has 4 heteroatoms. The van der Waals surface area contributed by atoms with Crippen LogP contribution in [0, 0.1) is 5.92 Å². The predicted molar refractivity (Wildman–Crippen MR) is 50.0 cm³/mol. The summed E-state index contributed by atoms with van der Waals surface area (Å²) in [5.74, 6) is -0.137. The van der Waals surface area contributed by atoms with Crippen LogP contribution in [0.5, 0.6) is 0 Å². The molecule has 1 rings (SSSR count). The number of amides is 1. The van der Waals surface area contributed by atoms with Gasteiger partial charge in [-0.1, -0.05) is 0 Å². The number of aliphatic hydroxyl groups is 1. The summed E-state index contributed by atoms with van der Waals surface area (Å²) >= 11 is 0. The number of β-amino-alcohol motifs (C(OH)–C–C–N with tert-alkyl or cyclic N) is 1. The van der Waals surface area contributed by atoms with Crippen molar-refractivity contribution in [2.45, 2.75) is 25.9 Å². The second-order valence-corrected chi connectivity index (χ2v) is 3.83. The zero-order valence-electron chi connectivity index (χ0n) is 8.07. The van der Waals surface area contributed by atoms with E-state index < -0.39 is 0 Å². The van der Waals surface area contributed by atoms with Gasteiger partial charge in [0.05, 0.1) is 6.10 Å². The molecule has 1 amide bonds. The third-order valence-electron chi connectivity index (χ3n) is 2.51. The van der Waals surface area contributed by atoms with Gasteiger partial charge in [-0.25, -0.2) is 0 Å². The standard InChI is InChI=1S/C9H18N2O2/c1-7(12)6-11-4-2-8(3-5-11)9(10)13/h7-8,12H,2-6H2,1H3,(H2,10,13). The van der Waals surface area contributed by atoms with E-state index in [4.69, 9.17) is 10.8 Å². The smallest absolute Gasteiger partial charge is 0.220 e. The molecule has 0 aromatic heterocycles. The first-order chi connectivity index (χ1) is 6.09. The minimum Gasteiger partial charge on any atom is -0.392 e. The summed E-state index contributed by atoms with van der Waals surface area (Å²) in [7, 11) is 0. The fourth-order valence-electron chi connectivity index (χ4n) is 1.77. The quantitative estimate of drug-likeness (QED) is 0.628. The van der Waals surface area contributed by atoms with E-state index in [1.165, 1.54) is 0 Å². The maximum atomic E-state index is 10.8. The van der Waals surface area contributed by atoms with Crippen LogP contribution in [0.25, 0.3) is 0 Å². The van der Waals surface area contributed by atoms with E-state index in [2.05, 4.69) is 4.90 Å². The van der Waals surface area contributed by atoms with Crippen LogP contribution in [0.4, 0.5) is 0 Å². The number of nitrogens with zero attached hydrogens (tertiary/aromatic N) is 1. The predicted octanol–water partition coefficient (Wildman–Crippen LogP) is -0.435. The number of likely N-dealkylation sites (tertiary alicyclic amines) is 1. The van der Waals surface area contributed by atoms with E-state index >= 15 is 0 Å². The van der Waals surface area contributed by atoms with Crippen molar-refractivity contribution in [1.82, 2.24) is 4.90 Å². The van der Waals surface area contributed by atoms with E-state index in [1.807, 2.05) is 0 Å². The zero-order chi connectivity index (χ0) is 9.84. The van der Waals surface area contributed by atoms with Gasteiger partial charge in [-0.15, -0.1) is 0 Å². The van der Waals surface area contributed by atoms with E-state index in [1.54, 1.807) is 6.92 Å². The molecule has 0 aromatic carbocycles. The van der Waals surface area contributed by atoms with Gasteiger partial charge in [-0.3, -0.25) is 4.79 Å². The van der Waals surface area contributed by atoms with Gasteiger partial charge in [0, 0.05) is 12.5 Å². The first kappa shape index (κ1) is 10.5. The maximum absolute atomic E-state index is 10.8. The Kier molecular flexibility index (Phi) is 3.69. The number of primary amides is 1. The highest BCUT2D eigenvalue weighted by atomic mass is 16.3. The highest BCUT2D eigenvalue weighted by Crippen LogP contribution is 2.16. The van der Waals surface area contributed by atoms with Crippen molar-refractivity contribution in [1.29, 1.82) is 0 Å². The third kappa shape index (κ3) is 3.32. The Morgan fingerprint density at radius 3 is 2.54 bits per heavy atom. The summed E-state index contributed by atoms with van der Waals surface area (Å²) in [6.45, 7) is 4.22. The summed E-state index contributed by atoms with van der Waals surface area (Å²) in [6, 6.07) is 0. The lowest BCUT2D eigenvalue weighted by Gasteiger charge is -2.31. The molecule has 1 unspecified atom stereocenters. The fraction of sp³-hybridized carbons (Fsp3) is 0.889. The van der Waals surface area contributed by atoms with Crippen LogP contribution in [0.2, 0.25) is 0 Å². The van der Waals surface area contributed by atoms with Gasteiger partial charge in [0.25, 0.3) is 0 Å². The highest BCUT2D eigenvalue weighted by molar-refractivity contribution is 5.76. The summed E-state index contributed by atoms with van der Waals surface area (Å²) < 4.78 is 0. The van der Waals surface area contributed by atoms with Crippen molar-refractivity contribution in [3.05, 3.63) is 0 Å². The molecule has 0 aromatic rings. The number of carbonyl (C=O) groups excluding carboxylic acids is 1. The normalized spacial score (nSPS) is 22.9. The van der Waals surface area contributed by atoms with E-state index in [-0.39, 0.29) is 17.9 Å². The van der Waals surface area contributed by atoms with Gasteiger partial charge in [-0.05, 0) is 32.9 Å². The van der Waals surface area contributed by atoms with Gasteiger partial charge in [0.1, 0.15) is 0 Å². The molecule has 1 saturated heterocycles. The topological polar surface area (TPSA) is 66.6 Å². The van der Waals surface area contributed by atoms with Gasteiger partial charge < -0.3 is 15.7 Å². The lowest BCUT2D eigenvalue weighted by molar-refractivity contribution is -0.123. The Bertz CT molecular complexity index is 174. The lowest BCUT2D eigenvalue weighted by Crippen LogP contribution is -2.41. The van der Waals surface area contributed by atoms with E-state index in [9.17, 15) is 4.79 Å². The van der Waals surface area contributed by atoms with Crippen molar-refractivity contribution < 1.29 is 9.90 Å². The number of aliphatic hydroxyl groups excluding tert-OH is 1. The van der Waals surface area contributed by atoms with Crippen LogP contribution < -0.4 is 5.73 Å². The average molecular weight is 186 g/mol. The van der Waals surface area contributed by atoms with Crippen LogP contribution >= 0.6 is 0 Å². The summed E-state index contributed by atoms with van der Waals surface area (Å²) in [6.07, 6.45) is 1.38. The Hall–Kier alpha value is -0.610. The molecule has 1 aliphatic heterocycles. The molecule has 4 nitrogen and oxygen atoms in total. The first-order valence-electron chi connectivity index (χ1n) is 4.79. The van der Waals surface area contributed by atoms with Crippen molar-refractivity contribution in [2.75, 3.05) is 19.6 Å². The summed E-state index contributed by atoms with van der Waals surface area (Å²) in [4.78, 5) is 13.0. The Labute approximate surface area is 78.7 Å². The van der Waals surface area contributed by atoms with Crippen molar-refractivity contribution in [3.8, 4) is 0 Å². The number of nitrogens with two attached hydrogens (primary N) is 1. The molecule has 3 N–H and O–H groups in total. The van der Waals surface area contributed by atoms with E-state index in [0.29, 0.717) is 6.54 Å². The van der Waals surface area contributed by atoms with Crippen LogP contribution in [0.3, 0.4) is 0 Å². The second-order valence-electron chi connectivity index (χ2n) is 3.83. The van der Waals surface area contributed by atoms with Gasteiger partial charge >= 0.3 is 0 Å².